The lowest BCUT2D eigenvalue weighted by Crippen LogP contribution is -1.84. The van der Waals surface area contributed by atoms with Gasteiger partial charge in [0.2, 0.25) is 0 Å². The van der Waals surface area contributed by atoms with Gasteiger partial charge in [-0.25, -0.2) is 0 Å². The van der Waals surface area contributed by atoms with E-state index in [9.17, 15) is 0 Å². The summed E-state index contributed by atoms with van der Waals surface area (Å²) in [6.45, 7) is 2.21. The van der Waals surface area contributed by atoms with E-state index in [4.69, 9.17) is 0 Å². The van der Waals surface area contributed by atoms with Gasteiger partial charge >= 0.3 is 0 Å². The van der Waals surface area contributed by atoms with Crippen molar-refractivity contribution < 1.29 is 0 Å². The molecule has 0 aromatic heterocycles. The number of rotatable bonds is 3. The molecule has 0 bridgehead atoms. The van der Waals surface area contributed by atoms with Gasteiger partial charge in [0.05, 0.1) is 0 Å². The molecule has 0 fully saturated rings. The topological polar surface area (TPSA) is 0 Å². The Labute approximate surface area is 90.6 Å². The van der Waals surface area contributed by atoms with E-state index in [-0.39, 0.29) is 0 Å². The van der Waals surface area contributed by atoms with Crippen molar-refractivity contribution in [2.45, 2.75) is 26.2 Å². The Kier molecular flexibility index (Phi) is 4.30. The van der Waals surface area contributed by atoms with Gasteiger partial charge < -0.3 is 0 Å². The maximum absolute atomic E-state index is 3.42. The van der Waals surface area contributed by atoms with E-state index in [0.717, 1.165) is 15.4 Å². The van der Waals surface area contributed by atoms with Crippen molar-refractivity contribution in [3.05, 3.63) is 32.7 Å². The third kappa shape index (κ3) is 3.28. The molecule has 0 heterocycles. The van der Waals surface area contributed by atoms with Crippen LogP contribution in [0.3, 0.4) is 0 Å². The standard InChI is InChI=1S/C10H11Br2/c1-2-3-4-8-5-9(11)7-10(12)6-8/h5-6H,2-4H2,1H3. The third-order valence-electron chi connectivity index (χ3n) is 1.68. The largest absolute Gasteiger partial charge is 0.0654 e. The van der Waals surface area contributed by atoms with Crippen LogP contribution in [0.1, 0.15) is 25.3 Å². The smallest absolute Gasteiger partial charge is 0.0268 e. The molecule has 12 heavy (non-hydrogen) atoms. The molecule has 0 saturated heterocycles. The first-order chi connectivity index (χ1) is 5.72. The van der Waals surface area contributed by atoms with Crippen molar-refractivity contribution in [1.29, 1.82) is 0 Å². The molecule has 0 amide bonds. The van der Waals surface area contributed by atoms with Gasteiger partial charge in [-0.15, -0.1) is 0 Å². The molecule has 0 spiro atoms. The molecule has 0 atom stereocenters. The van der Waals surface area contributed by atoms with Crippen LogP contribution in [0.4, 0.5) is 0 Å². The SMILES string of the molecule is CCCCc1cc(Br)[c]c(Br)c1. The first-order valence-electron chi connectivity index (χ1n) is 4.09. The normalized spacial score (nSPS) is 10.2. The zero-order valence-corrected chi connectivity index (χ0v) is 10.2. The molecule has 65 valence electrons. The van der Waals surface area contributed by atoms with Gasteiger partial charge in [-0.2, -0.15) is 0 Å². The third-order valence-corrected chi connectivity index (χ3v) is 2.54. The molecule has 0 N–H and O–H groups in total. The van der Waals surface area contributed by atoms with Crippen LogP contribution in [-0.2, 0) is 6.42 Å². The molecular weight excluding hydrogens is 280 g/mol. The molecule has 0 nitrogen and oxygen atoms in total. The van der Waals surface area contributed by atoms with Crippen LogP contribution in [0.5, 0.6) is 0 Å². The number of benzene rings is 1. The second kappa shape index (κ2) is 5.03. The minimum atomic E-state index is 1.03. The van der Waals surface area contributed by atoms with E-state index in [0.29, 0.717) is 0 Å². The summed E-state index contributed by atoms with van der Waals surface area (Å²) in [6, 6.07) is 7.37. The maximum atomic E-state index is 3.42. The van der Waals surface area contributed by atoms with Crippen molar-refractivity contribution in [3.63, 3.8) is 0 Å². The lowest BCUT2D eigenvalue weighted by molar-refractivity contribution is 0.794. The quantitative estimate of drug-likeness (QED) is 0.776. The second-order valence-electron chi connectivity index (χ2n) is 2.79. The fourth-order valence-electron chi connectivity index (χ4n) is 1.08. The minimum absolute atomic E-state index is 1.03. The molecular formula is C10H11Br2. The van der Waals surface area contributed by atoms with Gasteiger partial charge in [0, 0.05) is 15.0 Å². The van der Waals surface area contributed by atoms with Gasteiger partial charge in [-0.05, 0) is 30.5 Å². The Hall–Kier alpha value is 0.180. The Morgan fingerprint density at radius 3 is 2.33 bits per heavy atom. The highest BCUT2D eigenvalue weighted by atomic mass is 79.9. The summed E-state index contributed by atoms with van der Waals surface area (Å²) < 4.78 is 2.06. The van der Waals surface area contributed by atoms with Gasteiger partial charge in [0.15, 0.2) is 0 Å². The zero-order chi connectivity index (χ0) is 8.97. The van der Waals surface area contributed by atoms with Crippen LogP contribution in [-0.4, -0.2) is 0 Å². The van der Waals surface area contributed by atoms with Crippen molar-refractivity contribution in [2.75, 3.05) is 0 Å². The fourth-order valence-corrected chi connectivity index (χ4v) is 2.36. The van der Waals surface area contributed by atoms with Gasteiger partial charge in [0.1, 0.15) is 0 Å². The van der Waals surface area contributed by atoms with E-state index in [1.165, 1.54) is 18.4 Å². The molecule has 2 heteroatoms. The van der Waals surface area contributed by atoms with E-state index in [1.54, 1.807) is 0 Å². The van der Waals surface area contributed by atoms with Crippen LogP contribution in [0.15, 0.2) is 21.1 Å². The van der Waals surface area contributed by atoms with Gasteiger partial charge in [0.25, 0.3) is 0 Å². The lowest BCUT2D eigenvalue weighted by Gasteiger charge is -2.01. The summed E-state index contributed by atoms with van der Waals surface area (Å²) in [5.41, 5.74) is 1.37. The number of halogens is 2. The van der Waals surface area contributed by atoms with Gasteiger partial charge in [-0.3, -0.25) is 0 Å². The van der Waals surface area contributed by atoms with E-state index >= 15 is 0 Å². The summed E-state index contributed by atoms with van der Waals surface area (Å²) in [7, 11) is 0. The lowest BCUT2D eigenvalue weighted by atomic mass is 10.1. The molecule has 1 radical (unpaired) electrons. The molecule has 0 unspecified atom stereocenters. The number of hydrogen-bond acceptors (Lipinski definition) is 0. The fraction of sp³-hybridized carbons (Fsp3) is 0.400. The average molecular weight is 291 g/mol. The van der Waals surface area contributed by atoms with E-state index < -0.39 is 0 Å². The summed E-state index contributed by atoms with van der Waals surface area (Å²) in [4.78, 5) is 0. The zero-order valence-electron chi connectivity index (χ0n) is 7.03. The van der Waals surface area contributed by atoms with Gasteiger partial charge in [-0.1, -0.05) is 45.2 Å². The molecule has 0 aliphatic rings. The number of aryl methyl sites for hydroxylation is 1. The number of hydrogen-bond donors (Lipinski definition) is 0. The van der Waals surface area contributed by atoms with E-state index in [1.807, 2.05) is 0 Å². The highest BCUT2D eigenvalue weighted by Gasteiger charge is 1.97. The van der Waals surface area contributed by atoms with Crippen molar-refractivity contribution in [3.8, 4) is 0 Å². The predicted molar refractivity (Wildman–Crippen MR) is 59.3 cm³/mol. The first kappa shape index (κ1) is 10.3. The highest BCUT2D eigenvalue weighted by molar-refractivity contribution is 9.11. The summed E-state index contributed by atoms with van der Waals surface area (Å²) in [6.07, 6.45) is 3.65. The summed E-state index contributed by atoms with van der Waals surface area (Å²) in [5, 5.41) is 0. The molecule has 0 aliphatic heterocycles. The average Bonchev–Trinajstić information content (AvgIpc) is 1.99. The van der Waals surface area contributed by atoms with Crippen molar-refractivity contribution >= 4 is 31.9 Å². The molecule has 1 aromatic rings. The van der Waals surface area contributed by atoms with Crippen LogP contribution in [0.25, 0.3) is 0 Å². The molecule has 0 saturated carbocycles. The summed E-state index contributed by atoms with van der Waals surface area (Å²) in [5.74, 6) is 0. The van der Waals surface area contributed by atoms with Crippen molar-refractivity contribution in [1.82, 2.24) is 0 Å². The molecule has 0 aliphatic carbocycles. The van der Waals surface area contributed by atoms with Crippen molar-refractivity contribution in [2.24, 2.45) is 0 Å². The highest BCUT2D eigenvalue weighted by Crippen LogP contribution is 2.20. The Morgan fingerprint density at radius 2 is 1.83 bits per heavy atom. The summed E-state index contributed by atoms with van der Waals surface area (Å²) >= 11 is 6.84. The molecule has 1 aromatic carbocycles. The van der Waals surface area contributed by atoms with Crippen LogP contribution >= 0.6 is 31.9 Å². The van der Waals surface area contributed by atoms with E-state index in [2.05, 4.69) is 57.0 Å². The second-order valence-corrected chi connectivity index (χ2v) is 4.50. The predicted octanol–water partition coefficient (Wildman–Crippen LogP) is 4.35. The molecule has 1 rings (SSSR count). The first-order valence-corrected chi connectivity index (χ1v) is 5.68. The minimum Gasteiger partial charge on any atom is -0.0654 e. The monoisotopic (exact) mass is 289 g/mol. The Balaban J connectivity index is 2.72. The Bertz CT molecular complexity index is 236. The Morgan fingerprint density at radius 1 is 1.25 bits per heavy atom. The maximum Gasteiger partial charge on any atom is 0.0268 e. The number of unbranched alkanes of at least 4 members (excludes halogenated alkanes) is 1. The van der Waals surface area contributed by atoms with Crippen LogP contribution in [0, 0.1) is 6.07 Å². The van der Waals surface area contributed by atoms with Crippen LogP contribution < -0.4 is 0 Å². The van der Waals surface area contributed by atoms with Crippen LogP contribution in [0.2, 0.25) is 0 Å².